The first-order valence-electron chi connectivity index (χ1n) is 11.4. The van der Waals surface area contributed by atoms with Crippen molar-refractivity contribution in [3.63, 3.8) is 0 Å². The molecule has 0 aromatic carbocycles. The predicted molar refractivity (Wildman–Crippen MR) is 119 cm³/mol. The van der Waals surface area contributed by atoms with E-state index in [1.807, 2.05) is 19.2 Å². The zero-order valence-electron chi connectivity index (χ0n) is 20.5. The lowest BCUT2D eigenvalue weighted by Gasteiger charge is -2.33. The van der Waals surface area contributed by atoms with Crippen LogP contribution in [-0.4, -0.2) is 74.2 Å². The Morgan fingerprint density at radius 2 is 1.61 bits per heavy atom. The summed E-state index contributed by atoms with van der Waals surface area (Å²) in [7, 11) is 0. The van der Waals surface area contributed by atoms with Crippen molar-refractivity contribution < 1.29 is 50.9 Å². The molecule has 0 spiro atoms. The summed E-state index contributed by atoms with van der Waals surface area (Å²) in [6.45, 7) is 8.41. The summed E-state index contributed by atoms with van der Waals surface area (Å²) in [5, 5.41) is 27.4. The van der Waals surface area contributed by atoms with Gasteiger partial charge in [-0.05, 0) is 44.7 Å². The molecule has 2 aliphatic rings. The molecular weight excluding hydrogens is 528 g/mol. The van der Waals surface area contributed by atoms with E-state index in [9.17, 15) is 26.3 Å². The molecule has 1 unspecified atom stereocenters. The van der Waals surface area contributed by atoms with E-state index in [0.717, 1.165) is 50.3 Å². The van der Waals surface area contributed by atoms with Crippen LogP contribution < -0.4 is 4.90 Å². The van der Waals surface area contributed by atoms with Crippen LogP contribution in [0, 0.1) is 12.8 Å². The Kier molecular flexibility index (Phi) is 10.4. The number of carbonyl (C=O) groups is 2. The number of hydrogen-bond acceptors (Lipinski definition) is 7. The molecule has 1 aliphatic carbocycles. The Hall–Kier alpha value is -3.43. The third kappa shape index (κ3) is 9.46. The van der Waals surface area contributed by atoms with Gasteiger partial charge in [0.15, 0.2) is 5.82 Å². The number of hydrogen-bond donors (Lipinski definition) is 2. The minimum atomic E-state index is -5.08. The molecule has 3 heterocycles. The molecule has 38 heavy (non-hydrogen) atoms. The van der Waals surface area contributed by atoms with Gasteiger partial charge in [-0.2, -0.15) is 36.5 Å². The second-order valence-electron chi connectivity index (χ2n) is 8.57. The topological polar surface area (TPSA) is 131 Å². The van der Waals surface area contributed by atoms with Gasteiger partial charge in [-0.3, -0.25) is 4.68 Å². The van der Waals surface area contributed by atoms with Crippen molar-refractivity contribution >= 4 is 17.8 Å². The molecule has 0 saturated heterocycles. The molecule has 212 valence electrons. The lowest BCUT2D eigenvalue weighted by molar-refractivity contribution is -0.193. The lowest BCUT2D eigenvalue weighted by atomic mass is 9.97. The van der Waals surface area contributed by atoms with E-state index in [-0.39, 0.29) is 0 Å². The second kappa shape index (κ2) is 12.9. The van der Waals surface area contributed by atoms with Crippen LogP contribution >= 0.6 is 0 Å². The molecule has 0 amide bonds. The maximum atomic E-state index is 10.6. The molecule has 2 aromatic rings. The van der Waals surface area contributed by atoms with Gasteiger partial charge in [0.2, 0.25) is 0 Å². The van der Waals surface area contributed by atoms with Gasteiger partial charge in [0, 0.05) is 37.7 Å². The van der Waals surface area contributed by atoms with E-state index >= 15 is 0 Å². The van der Waals surface area contributed by atoms with E-state index in [1.54, 1.807) is 0 Å². The second-order valence-corrected chi connectivity index (χ2v) is 8.57. The minimum absolute atomic E-state index is 0.332. The Labute approximate surface area is 213 Å². The molecule has 1 aliphatic heterocycles. The summed E-state index contributed by atoms with van der Waals surface area (Å²) in [6, 6.07) is 4.08. The number of ether oxygens (including phenoxy) is 1. The van der Waals surface area contributed by atoms with Gasteiger partial charge in [-0.25, -0.2) is 9.59 Å². The number of carboxylic acid groups (broad SMARTS) is 2. The summed E-state index contributed by atoms with van der Waals surface area (Å²) < 4.78 is 71.6. The van der Waals surface area contributed by atoms with Crippen molar-refractivity contribution in [1.29, 1.82) is 0 Å². The van der Waals surface area contributed by atoms with Crippen molar-refractivity contribution in [1.82, 2.24) is 20.0 Å². The smallest absolute Gasteiger partial charge is 0.475 e. The van der Waals surface area contributed by atoms with Crippen molar-refractivity contribution in [2.24, 2.45) is 5.92 Å². The molecule has 10 nitrogen and oxygen atoms in total. The first-order chi connectivity index (χ1) is 17.6. The maximum Gasteiger partial charge on any atom is 0.490 e. The van der Waals surface area contributed by atoms with Gasteiger partial charge in [0.05, 0.1) is 24.2 Å². The van der Waals surface area contributed by atoms with E-state index in [2.05, 4.69) is 37.9 Å². The van der Waals surface area contributed by atoms with E-state index in [4.69, 9.17) is 24.5 Å². The van der Waals surface area contributed by atoms with Crippen LogP contribution in [0.1, 0.15) is 42.6 Å². The van der Waals surface area contributed by atoms with Gasteiger partial charge < -0.3 is 19.8 Å². The molecule has 2 N–H and O–H groups in total. The maximum absolute atomic E-state index is 10.6. The number of fused-ring (bicyclic) bond motifs is 1. The molecule has 16 heteroatoms. The molecule has 2 aromatic heterocycles. The largest absolute Gasteiger partial charge is 0.490 e. The molecule has 4 rings (SSSR count). The number of anilines is 1. The highest BCUT2D eigenvalue weighted by Crippen LogP contribution is 2.33. The Bertz CT molecular complexity index is 1050. The summed E-state index contributed by atoms with van der Waals surface area (Å²) in [4.78, 5) is 20.1. The fourth-order valence-corrected chi connectivity index (χ4v) is 3.43. The van der Waals surface area contributed by atoms with Gasteiger partial charge in [-0.15, -0.1) is 5.10 Å². The van der Waals surface area contributed by atoms with Gasteiger partial charge in [0.25, 0.3) is 0 Å². The third-order valence-corrected chi connectivity index (χ3v) is 5.41. The molecule has 1 atom stereocenters. The van der Waals surface area contributed by atoms with Gasteiger partial charge in [-0.1, -0.05) is 0 Å². The van der Waals surface area contributed by atoms with Crippen LogP contribution in [-0.2, 0) is 27.4 Å². The highest BCUT2D eigenvalue weighted by Gasteiger charge is 2.39. The van der Waals surface area contributed by atoms with Gasteiger partial charge in [0.1, 0.15) is 0 Å². The van der Waals surface area contributed by atoms with Crippen LogP contribution in [0.15, 0.2) is 18.3 Å². The van der Waals surface area contributed by atoms with Crippen LogP contribution in [0.4, 0.5) is 32.2 Å². The SMILES string of the molecule is CCn1ncc2c1C(COCC1CC1)CN(c1ccc(C)nn1)C2.O=C(O)C(F)(F)F.O=C(O)C(F)(F)F. The van der Waals surface area contributed by atoms with Crippen LogP contribution in [0.25, 0.3) is 0 Å². The average Bonchev–Trinajstić information content (AvgIpc) is 3.55. The third-order valence-electron chi connectivity index (χ3n) is 5.41. The highest BCUT2D eigenvalue weighted by atomic mass is 19.4. The molecule has 0 bridgehead atoms. The van der Waals surface area contributed by atoms with E-state index < -0.39 is 24.3 Å². The normalized spacial score (nSPS) is 16.9. The summed E-state index contributed by atoms with van der Waals surface area (Å²) >= 11 is 0. The number of aromatic nitrogens is 4. The molecule has 0 radical (unpaired) electrons. The number of aryl methyl sites for hydroxylation is 2. The van der Waals surface area contributed by atoms with Crippen LogP contribution in [0.5, 0.6) is 0 Å². The van der Waals surface area contributed by atoms with Gasteiger partial charge >= 0.3 is 24.3 Å². The standard InChI is InChI=1S/C18H25N5O.2C2HF3O2/c1-3-23-18-15(8-19-23)9-22(17-7-4-13(2)20-21-17)10-16(18)12-24-11-14-5-6-14;2*3-2(4,5)1(6)7/h4,7-8,14,16H,3,5-6,9-12H2,1-2H3;2*(H,6,7). The monoisotopic (exact) mass is 555 g/mol. The van der Waals surface area contributed by atoms with E-state index in [1.165, 1.54) is 24.1 Å². The fraction of sp³-hybridized carbons (Fsp3) is 0.591. The predicted octanol–water partition coefficient (Wildman–Crippen LogP) is 3.80. The lowest BCUT2D eigenvalue weighted by Crippen LogP contribution is -2.37. The summed E-state index contributed by atoms with van der Waals surface area (Å²) in [5.41, 5.74) is 3.56. The molecule has 1 saturated carbocycles. The van der Waals surface area contributed by atoms with Crippen molar-refractivity contribution in [2.75, 3.05) is 24.7 Å². The van der Waals surface area contributed by atoms with Crippen molar-refractivity contribution in [2.45, 2.75) is 58.0 Å². The Morgan fingerprint density at radius 3 is 2.05 bits per heavy atom. The zero-order chi connectivity index (χ0) is 28.7. The molecule has 1 fully saturated rings. The Morgan fingerprint density at radius 1 is 1.03 bits per heavy atom. The number of alkyl halides is 6. The quantitative estimate of drug-likeness (QED) is 0.511. The van der Waals surface area contributed by atoms with Crippen LogP contribution in [0.3, 0.4) is 0 Å². The summed E-state index contributed by atoms with van der Waals surface area (Å²) in [6.07, 6.45) is -5.51. The highest BCUT2D eigenvalue weighted by molar-refractivity contribution is 5.73. The van der Waals surface area contributed by atoms with Crippen molar-refractivity contribution in [3.05, 3.63) is 35.3 Å². The fourth-order valence-electron chi connectivity index (χ4n) is 3.43. The molecular formula is C22H27F6N5O5. The first kappa shape index (κ1) is 30.8. The van der Waals surface area contributed by atoms with Crippen LogP contribution in [0.2, 0.25) is 0 Å². The average molecular weight is 555 g/mol. The number of aliphatic carboxylic acids is 2. The van der Waals surface area contributed by atoms with E-state index in [0.29, 0.717) is 5.92 Å². The first-order valence-corrected chi connectivity index (χ1v) is 11.4. The number of nitrogens with zero attached hydrogens (tertiary/aromatic N) is 5. The minimum Gasteiger partial charge on any atom is -0.475 e. The zero-order valence-corrected chi connectivity index (χ0v) is 20.5. The van der Waals surface area contributed by atoms with Crippen molar-refractivity contribution in [3.8, 4) is 0 Å². The summed E-state index contributed by atoms with van der Waals surface area (Å²) in [5.74, 6) is -3.45. The number of halogens is 6. The number of carboxylic acids is 2. The number of rotatable bonds is 6. The Balaban J connectivity index is 0.000000301.